The fourth-order valence-corrected chi connectivity index (χ4v) is 4.92. The van der Waals surface area contributed by atoms with Crippen molar-refractivity contribution in [1.82, 2.24) is 14.9 Å². The highest BCUT2D eigenvalue weighted by atomic mass is 35.5. The van der Waals surface area contributed by atoms with Crippen molar-refractivity contribution in [3.8, 4) is 11.9 Å². The van der Waals surface area contributed by atoms with Gasteiger partial charge in [0, 0.05) is 31.0 Å². The summed E-state index contributed by atoms with van der Waals surface area (Å²) in [6.45, 7) is 1.53. The van der Waals surface area contributed by atoms with Gasteiger partial charge in [0.25, 0.3) is 5.91 Å². The van der Waals surface area contributed by atoms with Crippen LogP contribution in [-0.4, -0.2) is 60.7 Å². The third-order valence-corrected chi connectivity index (χ3v) is 6.98. The number of benzene rings is 2. The molecule has 190 valence electrons. The molecule has 1 amide bonds. The SMILES string of the molecule is CN(C)C1CCN(c2ccc(Nc3ncc4c(n3)OCN(c3c(F)cccc3Cl)C4=O)cc2C#N)CC1. The lowest BCUT2D eigenvalue weighted by Crippen LogP contribution is -2.42. The summed E-state index contributed by atoms with van der Waals surface area (Å²) in [5.74, 6) is -0.876. The number of para-hydroxylation sites is 1. The summed E-state index contributed by atoms with van der Waals surface area (Å²) in [4.78, 5) is 27.1. The Balaban J connectivity index is 1.32. The first-order valence-electron chi connectivity index (χ1n) is 11.8. The zero-order valence-corrected chi connectivity index (χ0v) is 21.2. The van der Waals surface area contributed by atoms with Crippen LogP contribution in [0.25, 0.3) is 0 Å². The molecule has 0 saturated carbocycles. The number of anilines is 4. The zero-order chi connectivity index (χ0) is 26.1. The molecule has 3 heterocycles. The van der Waals surface area contributed by atoms with Gasteiger partial charge in [-0.05, 0) is 57.3 Å². The highest BCUT2D eigenvalue weighted by molar-refractivity contribution is 6.34. The van der Waals surface area contributed by atoms with E-state index in [1.165, 1.54) is 24.4 Å². The van der Waals surface area contributed by atoms with Crippen LogP contribution >= 0.6 is 11.6 Å². The van der Waals surface area contributed by atoms with Crippen LogP contribution in [0.4, 0.5) is 27.4 Å². The van der Waals surface area contributed by atoms with Gasteiger partial charge in [-0.2, -0.15) is 10.2 Å². The Labute approximate surface area is 219 Å². The van der Waals surface area contributed by atoms with Gasteiger partial charge >= 0.3 is 0 Å². The van der Waals surface area contributed by atoms with Gasteiger partial charge in [0.1, 0.15) is 23.1 Å². The molecule has 11 heteroatoms. The molecule has 1 fully saturated rings. The third-order valence-electron chi connectivity index (χ3n) is 6.68. The third kappa shape index (κ3) is 4.88. The van der Waals surface area contributed by atoms with Crippen molar-refractivity contribution in [2.24, 2.45) is 0 Å². The van der Waals surface area contributed by atoms with Crippen LogP contribution in [0.1, 0.15) is 28.8 Å². The van der Waals surface area contributed by atoms with Gasteiger partial charge < -0.3 is 19.9 Å². The van der Waals surface area contributed by atoms with Crippen LogP contribution in [-0.2, 0) is 0 Å². The topological polar surface area (TPSA) is 97.6 Å². The van der Waals surface area contributed by atoms with Gasteiger partial charge in [-0.1, -0.05) is 17.7 Å². The minimum atomic E-state index is -0.633. The number of nitrogens with one attached hydrogen (secondary N) is 1. The largest absolute Gasteiger partial charge is 0.455 e. The Morgan fingerprint density at radius 2 is 2.03 bits per heavy atom. The minimum Gasteiger partial charge on any atom is -0.455 e. The molecule has 3 aromatic rings. The molecular formula is C26H25ClFN7O2. The second kappa shape index (κ2) is 10.2. The number of carbonyl (C=O) groups is 1. The zero-order valence-electron chi connectivity index (χ0n) is 20.4. The van der Waals surface area contributed by atoms with Crippen molar-refractivity contribution in [2.45, 2.75) is 18.9 Å². The molecule has 1 saturated heterocycles. The van der Waals surface area contributed by atoms with Crippen molar-refractivity contribution in [3.63, 3.8) is 0 Å². The number of carbonyl (C=O) groups excluding carboxylic acids is 1. The summed E-state index contributed by atoms with van der Waals surface area (Å²) in [5, 5.41) is 13.0. The normalized spacial score (nSPS) is 15.8. The smallest absolute Gasteiger partial charge is 0.268 e. The molecule has 2 aliphatic heterocycles. The molecule has 2 aliphatic rings. The van der Waals surface area contributed by atoms with E-state index in [9.17, 15) is 14.4 Å². The lowest BCUT2D eigenvalue weighted by atomic mass is 10.0. The lowest BCUT2D eigenvalue weighted by Gasteiger charge is -2.36. The van der Waals surface area contributed by atoms with E-state index in [1.807, 2.05) is 12.1 Å². The fourth-order valence-electron chi connectivity index (χ4n) is 4.66. The van der Waals surface area contributed by atoms with E-state index in [-0.39, 0.29) is 34.8 Å². The van der Waals surface area contributed by atoms with Gasteiger partial charge in [0.05, 0.1) is 16.3 Å². The average molecular weight is 522 g/mol. The lowest BCUT2D eigenvalue weighted by molar-refractivity contribution is 0.0931. The van der Waals surface area contributed by atoms with E-state index in [1.54, 1.807) is 6.07 Å². The van der Waals surface area contributed by atoms with Crippen LogP contribution in [0.5, 0.6) is 5.88 Å². The molecule has 0 aliphatic carbocycles. The summed E-state index contributed by atoms with van der Waals surface area (Å²) in [5.41, 5.74) is 2.11. The summed E-state index contributed by atoms with van der Waals surface area (Å²) in [7, 11) is 4.19. The number of aromatic nitrogens is 2. The molecule has 9 nitrogen and oxygen atoms in total. The highest BCUT2D eigenvalue weighted by Crippen LogP contribution is 2.34. The standard InChI is InChI=1S/C26H25ClFN7O2/c1-33(2)18-8-10-34(11-9-18)22-7-6-17(12-16(22)13-29)31-26-30-14-19-24(32-26)37-15-35(25(19)36)23-20(27)4-3-5-21(23)28/h3-7,12,14,18H,8-11,15H2,1-2H3,(H,30,31,32). The summed E-state index contributed by atoms with van der Waals surface area (Å²) in [6.07, 6.45) is 3.41. The van der Waals surface area contributed by atoms with Crippen molar-refractivity contribution in [1.29, 1.82) is 5.26 Å². The summed E-state index contributed by atoms with van der Waals surface area (Å²) < 4.78 is 20.0. The van der Waals surface area contributed by atoms with E-state index in [0.29, 0.717) is 17.3 Å². The van der Waals surface area contributed by atoms with E-state index < -0.39 is 11.7 Å². The Kier molecular flexibility index (Phi) is 6.82. The first-order chi connectivity index (χ1) is 17.9. The molecule has 1 N–H and O–H groups in total. The maximum atomic E-state index is 14.3. The molecule has 37 heavy (non-hydrogen) atoms. The van der Waals surface area contributed by atoms with Gasteiger partial charge in [-0.3, -0.25) is 9.69 Å². The van der Waals surface area contributed by atoms with E-state index in [0.717, 1.165) is 36.5 Å². The van der Waals surface area contributed by atoms with Crippen LogP contribution in [0, 0.1) is 17.1 Å². The number of rotatable bonds is 5. The van der Waals surface area contributed by atoms with Crippen LogP contribution in [0.3, 0.4) is 0 Å². The Bertz CT molecular complexity index is 1370. The van der Waals surface area contributed by atoms with Gasteiger partial charge in [0.15, 0.2) is 6.73 Å². The molecule has 2 aromatic carbocycles. The van der Waals surface area contributed by atoms with E-state index >= 15 is 0 Å². The first kappa shape index (κ1) is 24.7. The van der Waals surface area contributed by atoms with Gasteiger partial charge in [-0.15, -0.1) is 0 Å². The number of amides is 1. The van der Waals surface area contributed by atoms with Crippen LogP contribution in [0.15, 0.2) is 42.6 Å². The predicted octanol–water partition coefficient (Wildman–Crippen LogP) is 4.41. The molecule has 0 radical (unpaired) electrons. The van der Waals surface area contributed by atoms with Gasteiger partial charge in [-0.25, -0.2) is 9.37 Å². The number of halogens is 2. The average Bonchev–Trinajstić information content (AvgIpc) is 2.90. The van der Waals surface area contributed by atoms with Crippen molar-refractivity contribution in [2.75, 3.05) is 49.0 Å². The number of hydrogen-bond donors (Lipinski definition) is 1. The molecule has 0 unspecified atom stereocenters. The maximum Gasteiger partial charge on any atom is 0.268 e. The van der Waals surface area contributed by atoms with Crippen molar-refractivity contribution >= 4 is 40.5 Å². The molecule has 5 rings (SSSR count). The molecular weight excluding hydrogens is 497 g/mol. The molecule has 1 aromatic heterocycles. The van der Waals surface area contributed by atoms with E-state index in [4.69, 9.17) is 16.3 Å². The summed E-state index contributed by atoms with van der Waals surface area (Å²) >= 11 is 6.12. The Morgan fingerprint density at radius 3 is 2.73 bits per heavy atom. The first-order valence-corrected chi connectivity index (χ1v) is 12.2. The summed E-state index contributed by atoms with van der Waals surface area (Å²) in [6, 6.07) is 12.6. The predicted molar refractivity (Wildman–Crippen MR) is 139 cm³/mol. The Hall–Kier alpha value is -3.94. The second-order valence-electron chi connectivity index (χ2n) is 9.14. The number of hydrogen-bond acceptors (Lipinski definition) is 8. The van der Waals surface area contributed by atoms with Crippen LogP contribution < -0.4 is 19.9 Å². The number of ether oxygens (including phenoxy) is 1. The van der Waals surface area contributed by atoms with Crippen LogP contribution in [0.2, 0.25) is 5.02 Å². The Morgan fingerprint density at radius 1 is 1.24 bits per heavy atom. The van der Waals surface area contributed by atoms with Crippen molar-refractivity contribution in [3.05, 3.63) is 64.6 Å². The van der Waals surface area contributed by atoms with Crippen molar-refractivity contribution < 1.29 is 13.9 Å². The number of nitriles is 1. The molecule has 0 spiro atoms. The molecule has 0 bridgehead atoms. The fraction of sp³-hybridized carbons (Fsp3) is 0.308. The second-order valence-corrected chi connectivity index (χ2v) is 9.55. The van der Waals surface area contributed by atoms with Gasteiger partial charge in [0.2, 0.25) is 11.8 Å². The van der Waals surface area contributed by atoms with E-state index in [2.05, 4.69) is 45.2 Å². The molecule has 0 atom stereocenters. The number of piperidine rings is 1. The monoisotopic (exact) mass is 521 g/mol. The highest BCUT2D eigenvalue weighted by Gasteiger charge is 2.32. The number of nitrogens with zero attached hydrogens (tertiary/aromatic N) is 6. The quantitative estimate of drug-likeness (QED) is 0.527. The minimum absolute atomic E-state index is 0.0583. The maximum absolute atomic E-state index is 14.3. The number of fused-ring (bicyclic) bond motifs is 1.